The fourth-order valence-electron chi connectivity index (χ4n) is 9.18. The van der Waals surface area contributed by atoms with Crippen molar-refractivity contribution in [3.8, 4) is 0 Å². The molecule has 0 saturated heterocycles. The number of carbonyl (C=O) groups excluding carboxylic acids is 2. The third-order valence-corrected chi connectivity index (χ3v) is 11.5. The fraction of sp³-hybridized carbons (Fsp3) is 0.829. The average molecular weight is 573 g/mol. The lowest BCUT2D eigenvalue weighted by Crippen LogP contribution is -2.59. The normalized spacial score (nSPS) is 36.6. The van der Waals surface area contributed by atoms with Gasteiger partial charge in [-0.05, 0) is 24.5 Å². The molecule has 6 heteroatoms. The fourth-order valence-corrected chi connectivity index (χ4v) is 9.18. The van der Waals surface area contributed by atoms with Gasteiger partial charge < -0.3 is 20.1 Å². The minimum Gasteiger partial charge on any atom is -0.458 e. The standard InChI is InChI=1S/C35H56O6/c1-6-7-8-9-10-11-12-13-14-15-16-17-18-19-29(37)41-35-25(3)34(40)27(30(35)32(35,4)5)21-26(23-36)22-33(39)28(34)20-24(2)31(33)38/h20-21,25,27-28,30,36,39-40H,6-19,22-23H2,1-5H3/t25-,27-,28+,30+,33+,34+,35-/m0/s1. The van der Waals surface area contributed by atoms with Crippen LogP contribution in [0, 0.1) is 29.1 Å². The van der Waals surface area contributed by atoms with E-state index in [1.807, 2.05) is 13.0 Å². The highest BCUT2D eigenvalue weighted by Gasteiger charge is 2.89. The number of aliphatic hydroxyl groups excluding tert-OH is 1. The van der Waals surface area contributed by atoms with Gasteiger partial charge in [-0.1, -0.05) is 117 Å². The van der Waals surface area contributed by atoms with Crippen LogP contribution in [0.5, 0.6) is 0 Å². The molecule has 2 saturated carbocycles. The van der Waals surface area contributed by atoms with Crippen molar-refractivity contribution >= 4 is 11.8 Å². The molecule has 0 spiro atoms. The molecule has 232 valence electrons. The molecule has 41 heavy (non-hydrogen) atoms. The predicted molar refractivity (Wildman–Crippen MR) is 161 cm³/mol. The van der Waals surface area contributed by atoms with Gasteiger partial charge in [-0.2, -0.15) is 0 Å². The third kappa shape index (κ3) is 5.51. The number of aliphatic hydroxyl groups is 3. The smallest absolute Gasteiger partial charge is 0.306 e. The number of rotatable bonds is 16. The summed E-state index contributed by atoms with van der Waals surface area (Å²) in [5.74, 6) is -2.52. The van der Waals surface area contributed by atoms with E-state index >= 15 is 0 Å². The summed E-state index contributed by atoms with van der Waals surface area (Å²) in [7, 11) is 0. The molecule has 0 aromatic heterocycles. The van der Waals surface area contributed by atoms with E-state index in [4.69, 9.17) is 4.74 Å². The molecule has 4 rings (SSSR count). The first-order valence-electron chi connectivity index (χ1n) is 16.6. The topological polar surface area (TPSA) is 104 Å². The SMILES string of the molecule is CCCCCCCCCCCCCCCC(=O)O[C@]12[C@H]([C@@H]3C=C(CO)C[C@]4(O)C(=O)C(C)=C[C@H]4[C@@]3(O)[C@@H]1C)C2(C)C. The van der Waals surface area contributed by atoms with E-state index < -0.39 is 40.3 Å². The van der Waals surface area contributed by atoms with E-state index in [2.05, 4.69) is 20.8 Å². The first-order chi connectivity index (χ1) is 19.4. The molecule has 4 aliphatic carbocycles. The lowest BCUT2D eigenvalue weighted by Gasteiger charge is -2.46. The van der Waals surface area contributed by atoms with Gasteiger partial charge in [0.1, 0.15) is 11.2 Å². The molecular formula is C35H56O6. The van der Waals surface area contributed by atoms with Crippen molar-refractivity contribution in [2.45, 2.75) is 148 Å². The molecule has 3 N–H and O–H groups in total. The van der Waals surface area contributed by atoms with Crippen LogP contribution >= 0.6 is 0 Å². The lowest BCUT2D eigenvalue weighted by molar-refractivity contribution is -0.179. The summed E-state index contributed by atoms with van der Waals surface area (Å²) in [6.07, 6.45) is 20.1. The molecule has 0 radical (unpaired) electrons. The van der Waals surface area contributed by atoms with Gasteiger partial charge in [0.25, 0.3) is 0 Å². The van der Waals surface area contributed by atoms with Gasteiger partial charge in [-0.25, -0.2) is 0 Å². The number of ether oxygens (including phenoxy) is 1. The van der Waals surface area contributed by atoms with Crippen LogP contribution in [0.2, 0.25) is 0 Å². The number of unbranched alkanes of at least 4 members (excludes halogenated alkanes) is 12. The molecule has 0 bridgehead atoms. The van der Waals surface area contributed by atoms with E-state index in [0.29, 0.717) is 17.6 Å². The minimum absolute atomic E-state index is 0.00531. The second-order valence-electron chi connectivity index (χ2n) is 14.3. The number of Topliss-reactive ketones (excluding diaryl/α,β-unsaturated/α-hetero) is 1. The molecule has 0 aromatic carbocycles. The Bertz CT molecular complexity index is 1030. The second kappa shape index (κ2) is 12.6. The van der Waals surface area contributed by atoms with Crippen LogP contribution < -0.4 is 0 Å². The van der Waals surface area contributed by atoms with E-state index in [-0.39, 0.29) is 30.3 Å². The largest absolute Gasteiger partial charge is 0.458 e. The Hall–Kier alpha value is -1.50. The number of fused-ring (bicyclic) bond motifs is 5. The summed E-state index contributed by atoms with van der Waals surface area (Å²) in [5, 5.41) is 34.1. The highest BCUT2D eigenvalue weighted by molar-refractivity contribution is 6.04. The van der Waals surface area contributed by atoms with Crippen molar-refractivity contribution in [2.24, 2.45) is 29.1 Å². The van der Waals surface area contributed by atoms with Crippen molar-refractivity contribution < 1.29 is 29.6 Å². The van der Waals surface area contributed by atoms with Gasteiger partial charge >= 0.3 is 5.97 Å². The van der Waals surface area contributed by atoms with Crippen LogP contribution in [0.4, 0.5) is 0 Å². The lowest BCUT2D eigenvalue weighted by atomic mass is 9.64. The zero-order valence-electron chi connectivity index (χ0n) is 26.3. The first-order valence-corrected chi connectivity index (χ1v) is 16.6. The monoisotopic (exact) mass is 572 g/mol. The Labute approximate surface area is 248 Å². The molecule has 7 atom stereocenters. The molecule has 0 heterocycles. The summed E-state index contributed by atoms with van der Waals surface area (Å²) in [6.45, 7) is 9.70. The van der Waals surface area contributed by atoms with Gasteiger partial charge in [0.2, 0.25) is 0 Å². The van der Waals surface area contributed by atoms with Gasteiger partial charge in [0.05, 0.1) is 12.2 Å². The second-order valence-corrected chi connectivity index (χ2v) is 14.3. The van der Waals surface area contributed by atoms with E-state index in [0.717, 1.165) is 19.3 Å². The van der Waals surface area contributed by atoms with Gasteiger partial charge in [0.15, 0.2) is 5.78 Å². The number of hydrogen-bond donors (Lipinski definition) is 3. The third-order valence-electron chi connectivity index (χ3n) is 11.5. The summed E-state index contributed by atoms with van der Waals surface area (Å²) < 4.78 is 6.33. The van der Waals surface area contributed by atoms with E-state index in [1.165, 1.54) is 64.2 Å². The Morgan fingerprint density at radius 1 is 0.927 bits per heavy atom. The van der Waals surface area contributed by atoms with Crippen molar-refractivity contribution in [3.63, 3.8) is 0 Å². The highest BCUT2D eigenvalue weighted by atomic mass is 16.6. The summed E-state index contributed by atoms with van der Waals surface area (Å²) >= 11 is 0. The molecule has 2 fully saturated rings. The molecule has 0 aliphatic heterocycles. The van der Waals surface area contributed by atoms with Gasteiger partial charge in [0, 0.05) is 41.9 Å². The van der Waals surface area contributed by atoms with Gasteiger partial charge in [-0.3, -0.25) is 9.59 Å². The van der Waals surface area contributed by atoms with Crippen molar-refractivity contribution in [1.82, 2.24) is 0 Å². The predicted octanol–water partition coefficient (Wildman–Crippen LogP) is 6.60. The molecule has 6 nitrogen and oxygen atoms in total. The molecular weight excluding hydrogens is 516 g/mol. The summed E-state index contributed by atoms with van der Waals surface area (Å²) in [6, 6.07) is 0. The van der Waals surface area contributed by atoms with Crippen LogP contribution in [-0.4, -0.2) is 50.5 Å². The Morgan fingerprint density at radius 2 is 1.46 bits per heavy atom. The molecule has 0 unspecified atom stereocenters. The van der Waals surface area contributed by atoms with Crippen molar-refractivity contribution in [3.05, 3.63) is 23.3 Å². The number of carbonyl (C=O) groups is 2. The quantitative estimate of drug-likeness (QED) is 0.109. The summed E-state index contributed by atoms with van der Waals surface area (Å²) in [5.41, 5.74) is -3.51. The maximum absolute atomic E-state index is 13.2. The molecule has 0 aromatic rings. The van der Waals surface area contributed by atoms with E-state index in [1.54, 1.807) is 13.0 Å². The average Bonchev–Trinajstić information content (AvgIpc) is 3.26. The van der Waals surface area contributed by atoms with Crippen LogP contribution in [0.3, 0.4) is 0 Å². The van der Waals surface area contributed by atoms with Crippen LogP contribution in [-0.2, 0) is 14.3 Å². The van der Waals surface area contributed by atoms with Crippen molar-refractivity contribution in [2.75, 3.05) is 6.61 Å². The zero-order chi connectivity index (χ0) is 30.1. The maximum Gasteiger partial charge on any atom is 0.306 e. The number of esters is 1. The maximum atomic E-state index is 13.2. The highest BCUT2D eigenvalue weighted by Crippen LogP contribution is 2.80. The number of hydrogen-bond acceptors (Lipinski definition) is 6. The number of ketones is 1. The minimum atomic E-state index is -1.79. The van der Waals surface area contributed by atoms with Gasteiger partial charge in [-0.15, -0.1) is 0 Å². The molecule has 4 aliphatic rings. The van der Waals surface area contributed by atoms with Crippen LogP contribution in [0.1, 0.15) is 131 Å². The molecule has 0 amide bonds. The first kappa shape index (κ1) is 32.4. The Kier molecular flexibility index (Phi) is 9.98. The zero-order valence-corrected chi connectivity index (χ0v) is 26.3. The van der Waals surface area contributed by atoms with Crippen molar-refractivity contribution in [1.29, 1.82) is 0 Å². The van der Waals surface area contributed by atoms with Crippen LogP contribution in [0.25, 0.3) is 0 Å². The van der Waals surface area contributed by atoms with Crippen LogP contribution in [0.15, 0.2) is 23.3 Å². The summed E-state index contributed by atoms with van der Waals surface area (Å²) in [4.78, 5) is 26.3. The van der Waals surface area contributed by atoms with E-state index in [9.17, 15) is 24.9 Å². The Balaban J connectivity index is 1.30. The Morgan fingerprint density at radius 3 is 2.00 bits per heavy atom.